The van der Waals surface area contributed by atoms with E-state index < -0.39 is 12.0 Å². The summed E-state index contributed by atoms with van der Waals surface area (Å²) in [5, 5.41) is 10.3. The molecule has 3 heterocycles. The van der Waals surface area contributed by atoms with Gasteiger partial charge in [0.05, 0.1) is 41.6 Å². The molecule has 0 aliphatic carbocycles. The summed E-state index contributed by atoms with van der Waals surface area (Å²) < 4.78 is 14.9. The minimum Gasteiger partial charge on any atom is -0.497 e. The topological polar surface area (TPSA) is 98.6 Å². The first kappa shape index (κ1) is 27.0. The van der Waals surface area contributed by atoms with Crippen LogP contribution in [-0.4, -0.2) is 28.8 Å². The summed E-state index contributed by atoms with van der Waals surface area (Å²) in [6.45, 7) is 2.11. The number of fused-ring (bicyclic) bond motifs is 2. The molecule has 6 rings (SSSR count). The molecule has 0 radical (unpaired) electrons. The first-order chi connectivity index (χ1) is 20.5. The number of methoxy groups -OCH3 is 1. The quantitative estimate of drug-likeness (QED) is 0.268. The SMILES string of the molecule is CCOC(=O)C1=C(c2ccccc2)N=c2s/c(=C\c3cn(CC#N)c4ccccc34)c(=O)n2[C@H]1c1cccc(OC)c1. The van der Waals surface area contributed by atoms with Gasteiger partial charge in [-0.3, -0.25) is 9.36 Å². The Morgan fingerprint density at radius 1 is 1.10 bits per heavy atom. The van der Waals surface area contributed by atoms with E-state index in [-0.39, 0.29) is 24.3 Å². The molecule has 8 nitrogen and oxygen atoms in total. The van der Waals surface area contributed by atoms with Crippen LogP contribution in [0.1, 0.15) is 29.7 Å². The van der Waals surface area contributed by atoms with E-state index in [1.54, 1.807) is 18.6 Å². The van der Waals surface area contributed by atoms with Gasteiger partial charge < -0.3 is 14.0 Å². The van der Waals surface area contributed by atoms with Crippen molar-refractivity contribution in [3.63, 3.8) is 0 Å². The van der Waals surface area contributed by atoms with E-state index in [9.17, 15) is 14.9 Å². The molecule has 1 aliphatic rings. The van der Waals surface area contributed by atoms with E-state index in [2.05, 4.69) is 6.07 Å². The predicted octanol–water partition coefficient (Wildman–Crippen LogP) is 4.42. The Morgan fingerprint density at radius 3 is 2.64 bits per heavy atom. The van der Waals surface area contributed by atoms with Crippen LogP contribution in [0.4, 0.5) is 0 Å². The van der Waals surface area contributed by atoms with Crippen molar-refractivity contribution >= 4 is 40.0 Å². The van der Waals surface area contributed by atoms with Crippen LogP contribution in [0.25, 0.3) is 22.7 Å². The maximum Gasteiger partial charge on any atom is 0.338 e. The molecule has 0 saturated carbocycles. The Hall–Kier alpha value is -5.20. The van der Waals surface area contributed by atoms with E-state index in [4.69, 9.17) is 14.5 Å². The van der Waals surface area contributed by atoms with Crippen LogP contribution in [0.5, 0.6) is 5.75 Å². The zero-order valence-corrected chi connectivity index (χ0v) is 23.8. The molecule has 5 aromatic rings. The normalized spacial score (nSPS) is 14.8. The van der Waals surface area contributed by atoms with E-state index in [1.165, 1.54) is 11.3 Å². The van der Waals surface area contributed by atoms with Crippen LogP contribution < -0.4 is 19.6 Å². The maximum absolute atomic E-state index is 14.2. The highest BCUT2D eigenvalue weighted by Gasteiger charge is 2.35. The minimum absolute atomic E-state index is 0.173. The summed E-state index contributed by atoms with van der Waals surface area (Å²) >= 11 is 1.26. The molecular weight excluding hydrogens is 548 g/mol. The number of carbonyl (C=O) groups excluding carboxylic acids is 1. The number of esters is 1. The Labute approximate surface area is 245 Å². The van der Waals surface area contributed by atoms with Crippen molar-refractivity contribution in [2.24, 2.45) is 4.99 Å². The van der Waals surface area contributed by atoms with Crippen LogP contribution in [0.3, 0.4) is 0 Å². The smallest absolute Gasteiger partial charge is 0.338 e. The van der Waals surface area contributed by atoms with Gasteiger partial charge in [0.25, 0.3) is 5.56 Å². The van der Waals surface area contributed by atoms with E-state index in [0.717, 1.165) is 22.0 Å². The summed E-state index contributed by atoms with van der Waals surface area (Å²) in [6.07, 6.45) is 3.71. The molecule has 0 N–H and O–H groups in total. The number of ether oxygens (including phenoxy) is 2. The molecule has 3 aromatic carbocycles. The number of hydrogen-bond donors (Lipinski definition) is 0. The monoisotopic (exact) mass is 574 g/mol. The minimum atomic E-state index is -0.798. The van der Waals surface area contributed by atoms with Gasteiger partial charge in [-0.05, 0) is 36.8 Å². The lowest BCUT2D eigenvalue weighted by Gasteiger charge is -2.26. The summed E-state index contributed by atoms with van der Waals surface area (Å²) in [5.74, 6) is 0.0585. The first-order valence-electron chi connectivity index (χ1n) is 13.4. The number of aromatic nitrogens is 2. The highest BCUT2D eigenvalue weighted by molar-refractivity contribution is 7.07. The summed E-state index contributed by atoms with van der Waals surface area (Å²) in [7, 11) is 1.57. The lowest BCUT2D eigenvalue weighted by molar-refractivity contribution is -0.138. The standard InChI is InChI=1S/C33H26N4O4S/c1-3-41-32(39)28-29(21-10-5-4-6-11-21)35-33-37(30(28)22-12-9-13-24(18-22)40-2)31(38)27(42-33)19-23-20-36(17-16-34)26-15-8-7-14-25(23)26/h4-15,18-20,30H,3,17H2,1-2H3/b27-19-/t30-/m0/s1. The molecule has 42 heavy (non-hydrogen) atoms. The summed E-state index contributed by atoms with van der Waals surface area (Å²) in [6, 6.07) is 25.9. The van der Waals surface area contributed by atoms with E-state index in [0.29, 0.717) is 26.3 Å². The average Bonchev–Trinajstić information content (AvgIpc) is 3.53. The van der Waals surface area contributed by atoms with Gasteiger partial charge in [0.2, 0.25) is 0 Å². The van der Waals surface area contributed by atoms with Gasteiger partial charge in [-0.2, -0.15) is 5.26 Å². The third kappa shape index (κ3) is 4.72. The Morgan fingerprint density at radius 2 is 1.88 bits per heavy atom. The fourth-order valence-electron chi connectivity index (χ4n) is 5.31. The van der Waals surface area contributed by atoms with Crippen LogP contribution in [-0.2, 0) is 16.1 Å². The fourth-order valence-corrected chi connectivity index (χ4v) is 6.30. The van der Waals surface area contributed by atoms with Crippen LogP contribution in [0.2, 0.25) is 0 Å². The Kier molecular flexibility index (Phi) is 7.30. The van der Waals surface area contributed by atoms with E-state index in [1.807, 2.05) is 95.7 Å². The number of rotatable bonds is 7. The number of nitrogens with zero attached hydrogens (tertiary/aromatic N) is 4. The van der Waals surface area contributed by atoms with Crippen molar-refractivity contribution in [2.45, 2.75) is 19.5 Å². The zero-order chi connectivity index (χ0) is 29.2. The predicted molar refractivity (Wildman–Crippen MR) is 162 cm³/mol. The van der Waals surface area contributed by atoms with Gasteiger partial charge in [0.1, 0.15) is 12.3 Å². The second-order valence-corrected chi connectivity index (χ2v) is 10.6. The number of benzene rings is 3. The van der Waals surface area contributed by atoms with Gasteiger partial charge in [0.15, 0.2) is 4.80 Å². The molecule has 0 bridgehead atoms. The molecule has 9 heteroatoms. The third-order valence-corrected chi connectivity index (χ3v) is 8.11. The largest absolute Gasteiger partial charge is 0.497 e. The van der Waals surface area contributed by atoms with Gasteiger partial charge in [-0.25, -0.2) is 9.79 Å². The van der Waals surface area contributed by atoms with E-state index >= 15 is 0 Å². The molecule has 0 fully saturated rings. The van der Waals surface area contributed by atoms with Crippen molar-refractivity contribution in [1.29, 1.82) is 5.26 Å². The lowest BCUT2D eigenvalue weighted by atomic mass is 9.93. The molecule has 0 amide bonds. The second-order valence-electron chi connectivity index (χ2n) is 9.60. The van der Waals surface area contributed by atoms with Crippen molar-refractivity contribution in [2.75, 3.05) is 13.7 Å². The van der Waals surface area contributed by atoms with Crippen LogP contribution >= 0.6 is 11.3 Å². The lowest BCUT2D eigenvalue weighted by Crippen LogP contribution is -2.40. The van der Waals surface area contributed by atoms with Crippen molar-refractivity contribution < 1.29 is 14.3 Å². The zero-order valence-electron chi connectivity index (χ0n) is 23.0. The van der Waals surface area contributed by atoms with Gasteiger partial charge in [0, 0.05) is 28.2 Å². The van der Waals surface area contributed by atoms with Gasteiger partial charge in [-0.1, -0.05) is 72.0 Å². The molecule has 2 aromatic heterocycles. The second kappa shape index (κ2) is 11.4. The van der Waals surface area contributed by atoms with Crippen LogP contribution in [0.15, 0.2) is 100 Å². The van der Waals surface area contributed by atoms with Crippen molar-refractivity contribution in [1.82, 2.24) is 9.13 Å². The van der Waals surface area contributed by atoms with Gasteiger partial charge in [-0.15, -0.1) is 0 Å². The van der Waals surface area contributed by atoms with Crippen molar-refractivity contribution in [3.05, 3.63) is 127 Å². The summed E-state index contributed by atoms with van der Waals surface area (Å²) in [5.41, 5.74) is 3.61. The molecule has 0 saturated heterocycles. The number of hydrogen-bond acceptors (Lipinski definition) is 7. The number of carbonyl (C=O) groups is 1. The number of para-hydroxylation sites is 1. The van der Waals surface area contributed by atoms with Crippen LogP contribution in [0, 0.1) is 11.3 Å². The Balaban J connectivity index is 1.65. The highest BCUT2D eigenvalue weighted by Crippen LogP contribution is 2.36. The number of thiazole rings is 1. The average molecular weight is 575 g/mol. The molecular formula is C33H26N4O4S. The maximum atomic E-state index is 14.2. The third-order valence-electron chi connectivity index (χ3n) is 7.13. The Bertz CT molecular complexity index is 2080. The number of nitriles is 1. The molecule has 1 aliphatic heterocycles. The summed E-state index contributed by atoms with van der Waals surface area (Å²) in [4.78, 5) is 33.2. The first-order valence-corrected chi connectivity index (χ1v) is 14.2. The highest BCUT2D eigenvalue weighted by atomic mass is 32.1. The molecule has 1 atom stereocenters. The van der Waals surface area contributed by atoms with Gasteiger partial charge >= 0.3 is 5.97 Å². The molecule has 0 spiro atoms. The van der Waals surface area contributed by atoms with Crippen molar-refractivity contribution in [3.8, 4) is 11.8 Å². The fraction of sp³-hybridized carbons (Fsp3) is 0.152. The molecule has 0 unspecified atom stereocenters. The molecule has 208 valence electrons.